The summed E-state index contributed by atoms with van der Waals surface area (Å²) in [4.78, 5) is 21.9. The third-order valence-electron chi connectivity index (χ3n) is 4.33. The Balaban J connectivity index is 0.000000174. The van der Waals surface area contributed by atoms with Gasteiger partial charge in [0.1, 0.15) is 0 Å². The molecule has 1 aliphatic carbocycles. The molecule has 1 aromatic rings. The van der Waals surface area contributed by atoms with E-state index >= 15 is 0 Å². The Labute approximate surface area is 151 Å². The maximum Gasteiger partial charge on any atom is 0.258 e. The predicted octanol–water partition coefficient (Wildman–Crippen LogP) is 4.66. The van der Waals surface area contributed by atoms with Gasteiger partial charge in [-0.05, 0) is 55.4 Å². The molecule has 24 heavy (non-hydrogen) atoms. The highest BCUT2D eigenvalue weighted by Crippen LogP contribution is 2.41. The molecule has 0 radical (unpaired) electrons. The lowest BCUT2D eigenvalue weighted by Crippen LogP contribution is -2.22. The van der Waals surface area contributed by atoms with Gasteiger partial charge in [0.15, 0.2) is 0 Å². The van der Waals surface area contributed by atoms with Crippen molar-refractivity contribution in [2.75, 3.05) is 0 Å². The highest BCUT2D eigenvalue weighted by Gasteiger charge is 2.26. The molecule has 0 atom stereocenters. The minimum Gasteiger partial charge on any atom is -0.288 e. The van der Waals surface area contributed by atoms with Crippen molar-refractivity contribution in [3.63, 3.8) is 0 Å². The van der Waals surface area contributed by atoms with Crippen LogP contribution in [0.5, 0.6) is 0 Å². The number of benzene rings is 1. The standard InChI is InChI=1S/C11H13Br.C9H9NO2/c1-8-6-10(7-8)9-2-4-11(12)5-3-9;1-3-4-5-7-6(2)8(11)10-9(7)12/h2-5,8,10H,6-7H2,1H3;3-5H,1H2,2H3,(H,10,11,12)/b;5-4-. The van der Waals surface area contributed by atoms with Gasteiger partial charge < -0.3 is 0 Å². The molecular weight excluding hydrogens is 366 g/mol. The van der Waals surface area contributed by atoms with Crippen molar-refractivity contribution < 1.29 is 9.59 Å². The first-order valence-electron chi connectivity index (χ1n) is 8.03. The normalized spacial score (nSPS) is 22.8. The van der Waals surface area contributed by atoms with E-state index in [-0.39, 0.29) is 11.8 Å². The molecule has 1 aliphatic heterocycles. The molecule has 3 rings (SSSR count). The second-order valence-electron chi connectivity index (χ2n) is 6.24. The number of imide groups is 1. The van der Waals surface area contributed by atoms with Crippen LogP contribution in [0, 0.1) is 5.92 Å². The van der Waals surface area contributed by atoms with Gasteiger partial charge in [0.05, 0.1) is 0 Å². The number of rotatable bonds is 3. The van der Waals surface area contributed by atoms with Crippen LogP contribution >= 0.6 is 15.9 Å². The van der Waals surface area contributed by atoms with Crippen molar-refractivity contribution in [1.82, 2.24) is 5.32 Å². The van der Waals surface area contributed by atoms with E-state index in [1.807, 2.05) is 0 Å². The Hall–Kier alpha value is -1.94. The number of hydrogen-bond acceptors (Lipinski definition) is 2. The second kappa shape index (κ2) is 8.25. The van der Waals surface area contributed by atoms with Crippen molar-refractivity contribution in [3.05, 3.63) is 70.3 Å². The lowest BCUT2D eigenvalue weighted by molar-refractivity contribution is -0.124. The quantitative estimate of drug-likeness (QED) is 0.605. The second-order valence-corrected chi connectivity index (χ2v) is 7.16. The molecule has 1 fully saturated rings. The van der Waals surface area contributed by atoms with E-state index in [1.165, 1.54) is 22.9 Å². The van der Waals surface area contributed by atoms with E-state index in [9.17, 15) is 9.59 Å². The predicted molar refractivity (Wildman–Crippen MR) is 100 cm³/mol. The largest absolute Gasteiger partial charge is 0.288 e. The highest BCUT2D eigenvalue weighted by molar-refractivity contribution is 9.10. The SMILES string of the molecule is C=C/C=C\C1=C(C)C(=O)NC1=O.CC1CC(c2ccc(Br)cc2)C1. The van der Waals surface area contributed by atoms with Crippen LogP contribution in [-0.2, 0) is 9.59 Å². The average molecular weight is 388 g/mol. The lowest BCUT2D eigenvalue weighted by Gasteiger charge is -2.33. The van der Waals surface area contributed by atoms with Crippen LogP contribution in [0.1, 0.15) is 38.2 Å². The Morgan fingerprint density at radius 3 is 2.25 bits per heavy atom. The molecule has 2 aliphatic rings. The third kappa shape index (κ3) is 4.54. The number of halogens is 1. The molecule has 1 saturated carbocycles. The molecule has 126 valence electrons. The van der Waals surface area contributed by atoms with Crippen molar-refractivity contribution in [2.45, 2.75) is 32.6 Å². The zero-order valence-corrected chi connectivity index (χ0v) is 15.6. The van der Waals surface area contributed by atoms with E-state index in [0.29, 0.717) is 11.1 Å². The van der Waals surface area contributed by atoms with Crippen LogP contribution in [0.3, 0.4) is 0 Å². The van der Waals surface area contributed by atoms with Crippen LogP contribution in [-0.4, -0.2) is 11.8 Å². The minimum atomic E-state index is -0.337. The van der Waals surface area contributed by atoms with Gasteiger partial charge in [0.2, 0.25) is 0 Å². The van der Waals surface area contributed by atoms with Gasteiger partial charge in [-0.1, -0.05) is 53.7 Å². The summed E-state index contributed by atoms with van der Waals surface area (Å²) >= 11 is 3.45. The number of allylic oxidation sites excluding steroid dienone is 2. The smallest absolute Gasteiger partial charge is 0.258 e. The van der Waals surface area contributed by atoms with E-state index in [0.717, 1.165) is 11.8 Å². The number of carbonyl (C=O) groups is 2. The number of amides is 2. The van der Waals surface area contributed by atoms with Crippen LogP contribution in [0.4, 0.5) is 0 Å². The summed E-state index contributed by atoms with van der Waals surface area (Å²) in [6.07, 6.45) is 7.50. The average Bonchev–Trinajstić information content (AvgIpc) is 2.77. The van der Waals surface area contributed by atoms with E-state index in [1.54, 1.807) is 25.2 Å². The molecule has 2 amide bonds. The maximum atomic E-state index is 11.0. The maximum absolute atomic E-state index is 11.0. The lowest BCUT2D eigenvalue weighted by atomic mass is 9.72. The van der Waals surface area contributed by atoms with Gasteiger partial charge in [0.25, 0.3) is 11.8 Å². The Morgan fingerprint density at radius 2 is 1.79 bits per heavy atom. The zero-order valence-electron chi connectivity index (χ0n) is 14.0. The zero-order chi connectivity index (χ0) is 17.7. The summed E-state index contributed by atoms with van der Waals surface area (Å²) in [6, 6.07) is 8.75. The molecule has 1 heterocycles. The number of carbonyl (C=O) groups excluding carboxylic acids is 2. The Bertz CT molecular complexity index is 695. The summed E-state index contributed by atoms with van der Waals surface area (Å²) in [7, 11) is 0. The van der Waals surface area contributed by atoms with E-state index < -0.39 is 0 Å². The van der Waals surface area contributed by atoms with Crippen LogP contribution in [0.25, 0.3) is 0 Å². The van der Waals surface area contributed by atoms with Gasteiger partial charge in [0, 0.05) is 15.6 Å². The Morgan fingerprint density at radius 1 is 1.17 bits per heavy atom. The van der Waals surface area contributed by atoms with E-state index in [4.69, 9.17) is 0 Å². The fourth-order valence-electron chi connectivity index (χ4n) is 2.83. The highest BCUT2D eigenvalue weighted by atomic mass is 79.9. The molecule has 0 saturated heterocycles. The molecule has 1 aromatic carbocycles. The van der Waals surface area contributed by atoms with Gasteiger partial charge in [-0.3, -0.25) is 14.9 Å². The summed E-state index contributed by atoms with van der Waals surface area (Å²) in [5.74, 6) is 1.13. The van der Waals surface area contributed by atoms with Crippen molar-refractivity contribution >= 4 is 27.7 Å². The topological polar surface area (TPSA) is 46.2 Å². The van der Waals surface area contributed by atoms with Crippen molar-refractivity contribution in [3.8, 4) is 0 Å². The van der Waals surface area contributed by atoms with Gasteiger partial charge in [-0.15, -0.1) is 0 Å². The summed E-state index contributed by atoms with van der Waals surface area (Å²) in [6.45, 7) is 7.41. The number of hydrogen-bond donors (Lipinski definition) is 1. The fourth-order valence-corrected chi connectivity index (χ4v) is 3.10. The first-order chi connectivity index (χ1) is 11.4. The summed E-state index contributed by atoms with van der Waals surface area (Å²) < 4.78 is 1.18. The van der Waals surface area contributed by atoms with Gasteiger partial charge >= 0.3 is 0 Å². The molecular formula is C20H22BrNO2. The molecule has 1 N–H and O–H groups in total. The first-order valence-corrected chi connectivity index (χ1v) is 8.82. The van der Waals surface area contributed by atoms with Crippen molar-refractivity contribution in [2.24, 2.45) is 5.92 Å². The number of nitrogens with one attached hydrogen (secondary N) is 1. The molecule has 4 heteroatoms. The van der Waals surface area contributed by atoms with Crippen LogP contribution in [0.2, 0.25) is 0 Å². The van der Waals surface area contributed by atoms with Crippen molar-refractivity contribution in [1.29, 1.82) is 0 Å². The van der Waals surface area contributed by atoms with Gasteiger partial charge in [-0.25, -0.2) is 0 Å². The molecule has 0 spiro atoms. The molecule has 0 aromatic heterocycles. The fraction of sp³-hybridized carbons (Fsp3) is 0.300. The molecule has 3 nitrogen and oxygen atoms in total. The Kier molecular flexibility index (Phi) is 6.32. The third-order valence-corrected chi connectivity index (χ3v) is 4.86. The van der Waals surface area contributed by atoms with Crippen LogP contribution < -0.4 is 5.32 Å². The minimum absolute atomic E-state index is 0.316. The monoisotopic (exact) mass is 387 g/mol. The summed E-state index contributed by atoms with van der Waals surface area (Å²) in [5.41, 5.74) is 2.38. The molecule has 0 bridgehead atoms. The van der Waals surface area contributed by atoms with Crippen LogP contribution in [0.15, 0.2) is 64.7 Å². The first kappa shape index (κ1) is 18.4. The van der Waals surface area contributed by atoms with Gasteiger partial charge in [-0.2, -0.15) is 0 Å². The molecule has 0 unspecified atom stereocenters. The summed E-state index contributed by atoms with van der Waals surface area (Å²) in [5, 5.41) is 2.19. The van der Waals surface area contributed by atoms with E-state index in [2.05, 4.69) is 59.0 Å².